The molecule has 86 valence electrons. The summed E-state index contributed by atoms with van der Waals surface area (Å²) in [5.74, 6) is 0.139. The molecule has 2 nitrogen and oxygen atoms in total. The molecule has 0 aliphatic carbocycles. The Bertz CT molecular complexity index is 348. The van der Waals surface area contributed by atoms with Crippen LogP contribution in [0.1, 0.15) is 42.1 Å². The van der Waals surface area contributed by atoms with Gasteiger partial charge in [-0.2, -0.15) is 0 Å². The molecule has 2 heteroatoms. The van der Waals surface area contributed by atoms with Crippen LogP contribution in [0.25, 0.3) is 0 Å². The average Bonchev–Trinajstić information content (AvgIpc) is 2.83. The minimum Gasteiger partial charge on any atom is -0.370 e. The summed E-state index contributed by atoms with van der Waals surface area (Å²) >= 11 is 0. The molecule has 0 aromatic heterocycles. The largest absolute Gasteiger partial charge is 0.370 e. The smallest absolute Gasteiger partial charge is 0.191 e. The summed E-state index contributed by atoms with van der Waals surface area (Å²) in [7, 11) is 0. The molecular weight excluding hydrogens is 200 g/mol. The molecule has 1 aromatic carbocycles. The zero-order chi connectivity index (χ0) is 11.4. The van der Waals surface area contributed by atoms with E-state index in [1.54, 1.807) is 0 Å². The summed E-state index contributed by atoms with van der Waals surface area (Å²) in [6, 6.07) is 7.95. The van der Waals surface area contributed by atoms with Crippen molar-refractivity contribution in [1.29, 1.82) is 0 Å². The van der Waals surface area contributed by atoms with E-state index >= 15 is 0 Å². The van der Waals surface area contributed by atoms with Crippen molar-refractivity contribution in [3.05, 3.63) is 35.4 Å². The first-order chi connectivity index (χ1) is 7.81. The lowest BCUT2D eigenvalue weighted by molar-refractivity contribution is 0.0643. The first kappa shape index (κ1) is 11.3. The van der Waals surface area contributed by atoms with Crippen LogP contribution in [-0.2, 0) is 11.2 Å². The predicted octanol–water partition coefficient (Wildman–Crippen LogP) is 3.00. The number of ketones is 1. The molecule has 0 bridgehead atoms. The maximum Gasteiger partial charge on any atom is 0.191 e. The maximum atomic E-state index is 12.0. The summed E-state index contributed by atoms with van der Waals surface area (Å²) in [6.07, 6.45) is 3.89. The second-order valence-electron chi connectivity index (χ2n) is 4.31. The summed E-state index contributed by atoms with van der Waals surface area (Å²) < 4.78 is 5.40. The van der Waals surface area contributed by atoms with Gasteiger partial charge in [-0.05, 0) is 24.8 Å². The van der Waals surface area contributed by atoms with Crippen molar-refractivity contribution in [3.8, 4) is 0 Å². The van der Waals surface area contributed by atoms with Gasteiger partial charge in [-0.25, -0.2) is 0 Å². The average molecular weight is 218 g/mol. The van der Waals surface area contributed by atoms with Crippen LogP contribution in [0.2, 0.25) is 0 Å². The molecule has 0 saturated carbocycles. The highest BCUT2D eigenvalue weighted by atomic mass is 16.5. The Morgan fingerprint density at radius 2 is 2.12 bits per heavy atom. The molecule has 1 heterocycles. The van der Waals surface area contributed by atoms with Gasteiger partial charge in [-0.3, -0.25) is 4.79 Å². The molecule has 0 N–H and O–H groups in total. The van der Waals surface area contributed by atoms with Crippen molar-refractivity contribution in [3.63, 3.8) is 0 Å². The van der Waals surface area contributed by atoms with Crippen molar-refractivity contribution in [1.82, 2.24) is 0 Å². The van der Waals surface area contributed by atoms with Crippen LogP contribution in [0.3, 0.4) is 0 Å². The van der Waals surface area contributed by atoms with E-state index in [0.717, 1.165) is 37.9 Å². The molecule has 1 aliphatic rings. The van der Waals surface area contributed by atoms with E-state index in [0.29, 0.717) is 0 Å². The second-order valence-corrected chi connectivity index (χ2v) is 4.31. The van der Waals surface area contributed by atoms with Crippen molar-refractivity contribution in [2.75, 3.05) is 6.61 Å². The minimum atomic E-state index is -0.197. The SMILES string of the molecule is CCCc1ccc(C(=O)C2CCCO2)cc1. The molecule has 16 heavy (non-hydrogen) atoms. The van der Waals surface area contributed by atoms with Crippen LogP contribution < -0.4 is 0 Å². The van der Waals surface area contributed by atoms with Crippen LogP contribution in [0.5, 0.6) is 0 Å². The Morgan fingerprint density at radius 1 is 1.38 bits per heavy atom. The van der Waals surface area contributed by atoms with Gasteiger partial charge in [0.2, 0.25) is 0 Å². The minimum absolute atomic E-state index is 0.139. The number of rotatable bonds is 4. The Morgan fingerprint density at radius 3 is 2.69 bits per heavy atom. The van der Waals surface area contributed by atoms with Gasteiger partial charge in [-0.1, -0.05) is 37.6 Å². The van der Waals surface area contributed by atoms with E-state index in [-0.39, 0.29) is 11.9 Å². The van der Waals surface area contributed by atoms with Gasteiger partial charge in [0.25, 0.3) is 0 Å². The summed E-state index contributed by atoms with van der Waals surface area (Å²) in [5, 5.41) is 0. The summed E-state index contributed by atoms with van der Waals surface area (Å²) in [5.41, 5.74) is 2.08. The third-order valence-electron chi connectivity index (χ3n) is 3.00. The standard InChI is InChI=1S/C14H18O2/c1-2-4-11-6-8-12(9-7-11)14(15)13-5-3-10-16-13/h6-9,13H,2-5,10H2,1H3. The predicted molar refractivity (Wildman–Crippen MR) is 63.7 cm³/mol. The van der Waals surface area contributed by atoms with Gasteiger partial charge in [0.1, 0.15) is 6.10 Å². The fourth-order valence-electron chi connectivity index (χ4n) is 2.09. The van der Waals surface area contributed by atoms with E-state index in [1.165, 1.54) is 5.56 Å². The first-order valence-electron chi connectivity index (χ1n) is 6.06. The number of ether oxygens (including phenoxy) is 1. The number of Topliss-reactive ketones (excluding diaryl/α,β-unsaturated/α-hetero) is 1. The fourth-order valence-corrected chi connectivity index (χ4v) is 2.09. The molecule has 0 spiro atoms. The van der Waals surface area contributed by atoms with Gasteiger partial charge in [0.05, 0.1) is 0 Å². The van der Waals surface area contributed by atoms with Crippen molar-refractivity contribution in [2.24, 2.45) is 0 Å². The van der Waals surface area contributed by atoms with Gasteiger partial charge in [0.15, 0.2) is 5.78 Å². The molecule has 0 amide bonds. The molecule has 1 aliphatic heterocycles. The number of carbonyl (C=O) groups is 1. The van der Waals surface area contributed by atoms with Crippen LogP contribution >= 0.6 is 0 Å². The lowest BCUT2D eigenvalue weighted by atomic mass is 10.0. The van der Waals surface area contributed by atoms with Gasteiger partial charge >= 0.3 is 0 Å². The zero-order valence-electron chi connectivity index (χ0n) is 9.74. The number of hydrogen-bond donors (Lipinski definition) is 0. The Balaban J connectivity index is 2.05. The van der Waals surface area contributed by atoms with Crippen molar-refractivity contribution >= 4 is 5.78 Å². The van der Waals surface area contributed by atoms with Crippen molar-refractivity contribution < 1.29 is 9.53 Å². The number of carbonyl (C=O) groups excluding carboxylic acids is 1. The topological polar surface area (TPSA) is 26.3 Å². The summed E-state index contributed by atoms with van der Waals surface area (Å²) in [4.78, 5) is 12.0. The third kappa shape index (κ3) is 2.50. The molecule has 1 unspecified atom stereocenters. The third-order valence-corrected chi connectivity index (χ3v) is 3.00. The van der Waals surface area contributed by atoms with E-state index in [1.807, 2.05) is 24.3 Å². The Kier molecular flexibility index (Phi) is 3.73. The fraction of sp³-hybridized carbons (Fsp3) is 0.500. The number of benzene rings is 1. The molecule has 1 atom stereocenters. The lowest BCUT2D eigenvalue weighted by Crippen LogP contribution is -2.19. The lowest BCUT2D eigenvalue weighted by Gasteiger charge is -2.08. The summed E-state index contributed by atoms with van der Waals surface area (Å²) in [6.45, 7) is 2.88. The van der Waals surface area contributed by atoms with Gasteiger partial charge in [-0.15, -0.1) is 0 Å². The van der Waals surface area contributed by atoms with Gasteiger partial charge in [0, 0.05) is 12.2 Å². The second kappa shape index (κ2) is 5.26. The van der Waals surface area contributed by atoms with Crippen LogP contribution in [0.15, 0.2) is 24.3 Å². The Hall–Kier alpha value is -1.15. The van der Waals surface area contributed by atoms with Crippen LogP contribution in [0, 0.1) is 0 Å². The molecule has 1 fully saturated rings. The normalized spacial score (nSPS) is 19.9. The maximum absolute atomic E-state index is 12.0. The highest BCUT2D eigenvalue weighted by Crippen LogP contribution is 2.18. The van der Waals surface area contributed by atoms with Crippen molar-refractivity contribution in [2.45, 2.75) is 38.7 Å². The quantitative estimate of drug-likeness (QED) is 0.726. The monoisotopic (exact) mass is 218 g/mol. The van der Waals surface area contributed by atoms with Crippen LogP contribution in [-0.4, -0.2) is 18.5 Å². The van der Waals surface area contributed by atoms with Gasteiger partial charge < -0.3 is 4.74 Å². The highest BCUT2D eigenvalue weighted by Gasteiger charge is 2.24. The molecule has 2 rings (SSSR count). The highest BCUT2D eigenvalue weighted by molar-refractivity contribution is 5.99. The van der Waals surface area contributed by atoms with Crippen LogP contribution in [0.4, 0.5) is 0 Å². The van der Waals surface area contributed by atoms with E-state index < -0.39 is 0 Å². The molecular formula is C14H18O2. The molecule has 1 aromatic rings. The van der Waals surface area contributed by atoms with E-state index in [9.17, 15) is 4.79 Å². The number of aryl methyl sites for hydroxylation is 1. The molecule has 1 saturated heterocycles. The molecule has 0 radical (unpaired) electrons. The van der Waals surface area contributed by atoms with E-state index in [2.05, 4.69) is 6.92 Å². The Labute approximate surface area is 96.6 Å². The first-order valence-corrected chi connectivity index (χ1v) is 6.06. The van der Waals surface area contributed by atoms with E-state index in [4.69, 9.17) is 4.74 Å². The zero-order valence-corrected chi connectivity index (χ0v) is 9.74. The number of hydrogen-bond acceptors (Lipinski definition) is 2.